The summed E-state index contributed by atoms with van der Waals surface area (Å²) in [5.41, 5.74) is 0. The Kier molecular flexibility index (Phi) is 4.66. The first-order chi connectivity index (χ1) is 8.07. The van der Waals surface area contributed by atoms with Crippen LogP contribution in [0.25, 0.3) is 0 Å². The van der Waals surface area contributed by atoms with E-state index in [9.17, 15) is 13.9 Å². The van der Waals surface area contributed by atoms with Crippen LogP contribution in [0.2, 0.25) is 0 Å². The number of hydrogen-bond acceptors (Lipinski definition) is 3. The van der Waals surface area contributed by atoms with Crippen molar-refractivity contribution >= 4 is 11.8 Å². The van der Waals surface area contributed by atoms with Crippen LogP contribution in [-0.2, 0) is 4.74 Å². The van der Waals surface area contributed by atoms with E-state index >= 15 is 0 Å². The molecule has 1 saturated carbocycles. The normalized spacial score (nSPS) is 35.5. The standard InChI is InChI=1S/C12H20F2O2S/c13-12(14)3-1-2-9(7-12)6-10(15)11-8-17-5-4-16-11/h9-11,15H,1-8H2. The van der Waals surface area contributed by atoms with E-state index in [1.54, 1.807) is 11.8 Å². The molecular formula is C12H20F2O2S. The van der Waals surface area contributed by atoms with Gasteiger partial charge in [-0.25, -0.2) is 8.78 Å². The molecule has 1 aliphatic carbocycles. The zero-order valence-electron chi connectivity index (χ0n) is 9.91. The lowest BCUT2D eigenvalue weighted by molar-refractivity contribution is -0.0733. The Balaban J connectivity index is 1.79. The van der Waals surface area contributed by atoms with Gasteiger partial charge >= 0.3 is 0 Å². The van der Waals surface area contributed by atoms with E-state index in [0.29, 0.717) is 19.4 Å². The van der Waals surface area contributed by atoms with Crippen molar-refractivity contribution in [2.45, 2.75) is 50.2 Å². The van der Waals surface area contributed by atoms with Crippen LogP contribution in [0.3, 0.4) is 0 Å². The molecule has 100 valence electrons. The van der Waals surface area contributed by atoms with E-state index in [1.165, 1.54) is 0 Å². The predicted octanol–water partition coefficient (Wildman–Crippen LogP) is 2.69. The molecule has 0 radical (unpaired) electrons. The van der Waals surface area contributed by atoms with Crippen molar-refractivity contribution in [1.29, 1.82) is 0 Å². The lowest BCUT2D eigenvalue weighted by Gasteiger charge is -2.33. The Morgan fingerprint density at radius 1 is 1.47 bits per heavy atom. The number of aliphatic hydroxyl groups excluding tert-OH is 1. The molecule has 0 aromatic heterocycles. The molecule has 5 heteroatoms. The average molecular weight is 266 g/mol. The fourth-order valence-electron chi connectivity index (χ4n) is 2.70. The third kappa shape index (κ3) is 4.07. The van der Waals surface area contributed by atoms with E-state index in [4.69, 9.17) is 4.74 Å². The first-order valence-corrected chi connectivity index (χ1v) is 7.47. The van der Waals surface area contributed by atoms with Crippen molar-refractivity contribution in [2.24, 2.45) is 5.92 Å². The molecule has 2 rings (SSSR count). The van der Waals surface area contributed by atoms with Gasteiger partial charge in [0.05, 0.1) is 18.8 Å². The van der Waals surface area contributed by atoms with Crippen molar-refractivity contribution in [3.05, 3.63) is 0 Å². The van der Waals surface area contributed by atoms with Gasteiger partial charge in [0.2, 0.25) is 5.92 Å². The lowest BCUT2D eigenvalue weighted by Crippen LogP contribution is -2.38. The van der Waals surface area contributed by atoms with E-state index in [-0.39, 0.29) is 24.9 Å². The second-order valence-electron chi connectivity index (χ2n) is 5.11. The Morgan fingerprint density at radius 2 is 2.29 bits per heavy atom. The highest BCUT2D eigenvalue weighted by molar-refractivity contribution is 7.99. The van der Waals surface area contributed by atoms with E-state index in [1.807, 2.05) is 0 Å². The monoisotopic (exact) mass is 266 g/mol. The fourth-order valence-corrected chi connectivity index (χ4v) is 3.63. The molecule has 1 heterocycles. The molecule has 0 spiro atoms. The molecule has 1 saturated heterocycles. The number of hydrogen-bond donors (Lipinski definition) is 1. The largest absolute Gasteiger partial charge is 0.390 e. The number of ether oxygens (including phenoxy) is 1. The zero-order chi connectivity index (χ0) is 12.3. The maximum absolute atomic E-state index is 13.2. The molecule has 0 bridgehead atoms. The van der Waals surface area contributed by atoms with Crippen molar-refractivity contribution in [3.63, 3.8) is 0 Å². The van der Waals surface area contributed by atoms with E-state index < -0.39 is 12.0 Å². The summed E-state index contributed by atoms with van der Waals surface area (Å²) in [5.74, 6) is -0.830. The minimum Gasteiger partial charge on any atom is -0.390 e. The summed E-state index contributed by atoms with van der Waals surface area (Å²) >= 11 is 1.76. The summed E-state index contributed by atoms with van der Waals surface area (Å²) in [6.07, 6.45) is 1.04. The smallest absolute Gasteiger partial charge is 0.248 e. The van der Waals surface area contributed by atoms with Crippen molar-refractivity contribution in [2.75, 3.05) is 18.1 Å². The fraction of sp³-hybridized carbons (Fsp3) is 1.00. The van der Waals surface area contributed by atoms with Crippen molar-refractivity contribution < 1.29 is 18.6 Å². The third-order valence-electron chi connectivity index (χ3n) is 3.59. The van der Waals surface area contributed by atoms with Crippen molar-refractivity contribution in [1.82, 2.24) is 0 Å². The second kappa shape index (κ2) is 5.85. The molecule has 17 heavy (non-hydrogen) atoms. The molecule has 0 aromatic carbocycles. The molecule has 0 amide bonds. The highest BCUT2D eigenvalue weighted by Crippen LogP contribution is 2.39. The van der Waals surface area contributed by atoms with E-state index in [0.717, 1.165) is 17.9 Å². The van der Waals surface area contributed by atoms with Gasteiger partial charge in [0.25, 0.3) is 0 Å². The number of alkyl halides is 2. The Labute approximate surface area is 105 Å². The molecule has 3 unspecified atom stereocenters. The lowest BCUT2D eigenvalue weighted by atomic mass is 9.82. The van der Waals surface area contributed by atoms with Gasteiger partial charge in [-0.1, -0.05) is 0 Å². The van der Waals surface area contributed by atoms with Gasteiger partial charge in [-0.05, 0) is 25.2 Å². The number of rotatable bonds is 3. The second-order valence-corrected chi connectivity index (χ2v) is 6.26. The van der Waals surface area contributed by atoms with Gasteiger partial charge in [0, 0.05) is 24.3 Å². The van der Waals surface area contributed by atoms with Gasteiger partial charge in [0.1, 0.15) is 0 Å². The molecule has 2 fully saturated rings. The third-order valence-corrected chi connectivity index (χ3v) is 4.61. The number of aliphatic hydroxyl groups is 1. The maximum atomic E-state index is 13.2. The minimum atomic E-state index is -2.52. The highest BCUT2D eigenvalue weighted by Gasteiger charge is 2.37. The van der Waals surface area contributed by atoms with Crippen LogP contribution in [0.1, 0.15) is 32.1 Å². The summed E-state index contributed by atoms with van der Waals surface area (Å²) < 4.78 is 31.9. The molecule has 1 N–H and O–H groups in total. The van der Waals surface area contributed by atoms with Gasteiger partial charge in [-0.15, -0.1) is 0 Å². The first kappa shape index (κ1) is 13.6. The summed E-state index contributed by atoms with van der Waals surface area (Å²) in [6, 6.07) is 0. The summed E-state index contributed by atoms with van der Waals surface area (Å²) in [5, 5.41) is 10.0. The van der Waals surface area contributed by atoms with Crippen LogP contribution >= 0.6 is 11.8 Å². The van der Waals surface area contributed by atoms with Crippen LogP contribution < -0.4 is 0 Å². The Morgan fingerprint density at radius 3 is 2.94 bits per heavy atom. The molecule has 1 aliphatic heterocycles. The van der Waals surface area contributed by atoms with Crippen molar-refractivity contribution in [3.8, 4) is 0 Å². The highest BCUT2D eigenvalue weighted by atomic mass is 32.2. The summed E-state index contributed by atoms with van der Waals surface area (Å²) in [4.78, 5) is 0. The summed E-state index contributed by atoms with van der Waals surface area (Å²) in [6.45, 7) is 0.660. The van der Waals surface area contributed by atoms with Crippen LogP contribution in [0.4, 0.5) is 8.78 Å². The van der Waals surface area contributed by atoms with Crippen LogP contribution in [0, 0.1) is 5.92 Å². The minimum absolute atomic E-state index is 0.00930. The number of thioether (sulfide) groups is 1. The Bertz CT molecular complexity index is 245. The van der Waals surface area contributed by atoms with Gasteiger partial charge < -0.3 is 9.84 Å². The van der Waals surface area contributed by atoms with Gasteiger partial charge in [-0.3, -0.25) is 0 Å². The molecule has 0 aromatic rings. The van der Waals surface area contributed by atoms with Crippen LogP contribution in [-0.4, -0.2) is 41.3 Å². The zero-order valence-corrected chi connectivity index (χ0v) is 10.7. The molecule has 2 aliphatic rings. The number of halogens is 2. The van der Waals surface area contributed by atoms with Crippen LogP contribution in [0.15, 0.2) is 0 Å². The topological polar surface area (TPSA) is 29.5 Å². The molecule has 2 nitrogen and oxygen atoms in total. The van der Waals surface area contributed by atoms with Gasteiger partial charge in [0.15, 0.2) is 0 Å². The Hall–Kier alpha value is 0.130. The SMILES string of the molecule is OC(CC1CCCC(F)(F)C1)C1CSCCO1. The first-order valence-electron chi connectivity index (χ1n) is 6.32. The van der Waals surface area contributed by atoms with E-state index in [2.05, 4.69) is 0 Å². The molecular weight excluding hydrogens is 246 g/mol. The molecule has 3 atom stereocenters. The maximum Gasteiger partial charge on any atom is 0.248 e. The quantitative estimate of drug-likeness (QED) is 0.851. The predicted molar refractivity (Wildman–Crippen MR) is 64.6 cm³/mol. The summed E-state index contributed by atoms with van der Waals surface area (Å²) in [7, 11) is 0. The van der Waals surface area contributed by atoms with Crippen LogP contribution in [0.5, 0.6) is 0 Å². The average Bonchev–Trinajstić information content (AvgIpc) is 2.29. The van der Waals surface area contributed by atoms with Gasteiger partial charge in [-0.2, -0.15) is 11.8 Å².